The normalized spacial score (nSPS) is 17.8. The molecule has 1 fully saturated rings. The van der Waals surface area contributed by atoms with Crippen molar-refractivity contribution in [2.24, 2.45) is 5.41 Å². The Bertz CT molecular complexity index is 356. The SMILES string of the molecule is CC(C)NCC1(Cc2ccccc2Br)CC1. The maximum absolute atomic E-state index is 3.64. The van der Waals surface area contributed by atoms with E-state index in [4.69, 9.17) is 0 Å². The average molecular weight is 282 g/mol. The molecule has 1 aromatic rings. The van der Waals surface area contributed by atoms with Gasteiger partial charge in [0.25, 0.3) is 0 Å². The van der Waals surface area contributed by atoms with Crippen molar-refractivity contribution >= 4 is 15.9 Å². The Kier molecular flexibility index (Phi) is 3.70. The molecule has 1 aliphatic rings. The predicted molar refractivity (Wildman–Crippen MR) is 72.7 cm³/mol. The summed E-state index contributed by atoms with van der Waals surface area (Å²) in [4.78, 5) is 0. The van der Waals surface area contributed by atoms with Crippen molar-refractivity contribution in [2.75, 3.05) is 6.54 Å². The van der Waals surface area contributed by atoms with Crippen molar-refractivity contribution in [1.29, 1.82) is 0 Å². The molecule has 0 atom stereocenters. The fourth-order valence-corrected chi connectivity index (χ4v) is 2.48. The summed E-state index contributed by atoms with van der Waals surface area (Å²) in [6, 6.07) is 9.18. The Labute approximate surface area is 107 Å². The Hall–Kier alpha value is -0.340. The molecule has 1 aromatic carbocycles. The molecule has 16 heavy (non-hydrogen) atoms. The molecule has 2 heteroatoms. The number of nitrogens with one attached hydrogen (secondary N) is 1. The van der Waals surface area contributed by atoms with Gasteiger partial charge in [-0.3, -0.25) is 0 Å². The van der Waals surface area contributed by atoms with E-state index in [9.17, 15) is 0 Å². The molecule has 1 saturated carbocycles. The Morgan fingerprint density at radius 2 is 2.00 bits per heavy atom. The van der Waals surface area contributed by atoms with Crippen LogP contribution in [0.3, 0.4) is 0 Å². The molecule has 88 valence electrons. The maximum Gasteiger partial charge on any atom is 0.0207 e. The van der Waals surface area contributed by atoms with E-state index in [0.717, 1.165) is 6.54 Å². The Morgan fingerprint density at radius 3 is 2.56 bits per heavy atom. The minimum absolute atomic E-state index is 0.536. The number of halogens is 1. The molecule has 1 N–H and O–H groups in total. The topological polar surface area (TPSA) is 12.0 Å². The van der Waals surface area contributed by atoms with Crippen LogP contribution >= 0.6 is 15.9 Å². The fourth-order valence-electron chi connectivity index (χ4n) is 2.06. The van der Waals surface area contributed by atoms with Crippen LogP contribution in [0.2, 0.25) is 0 Å². The highest BCUT2D eigenvalue weighted by Crippen LogP contribution is 2.48. The lowest BCUT2D eigenvalue weighted by molar-refractivity contribution is 0.429. The molecule has 0 unspecified atom stereocenters. The second-order valence-corrected chi connectivity index (χ2v) is 6.16. The molecule has 2 rings (SSSR count). The van der Waals surface area contributed by atoms with Crippen molar-refractivity contribution in [1.82, 2.24) is 5.32 Å². The molecular weight excluding hydrogens is 262 g/mol. The van der Waals surface area contributed by atoms with Gasteiger partial charge in [-0.25, -0.2) is 0 Å². The fraction of sp³-hybridized carbons (Fsp3) is 0.571. The quantitative estimate of drug-likeness (QED) is 0.867. The molecule has 0 bridgehead atoms. The van der Waals surface area contributed by atoms with Crippen LogP contribution in [-0.4, -0.2) is 12.6 Å². The first-order chi connectivity index (χ1) is 7.61. The summed E-state index contributed by atoms with van der Waals surface area (Å²) in [6.07, 6.45) is 3.94. The molecular formula is C14H20BrN. The number of hydrogen-bond acceptors (Lipinski definition) is 1. The molecule has 1 aliphatic carbocycles. The number of rotatable bonds is 5. The van der Waals surface area contributed by atoms with E-state index >= 15 is 0 Å². The van der Waals surface area contributed by atoms with Gasteiger partial charge in [0.15, 0.2) is 0 Å². The van der Waals surface area contributed by atoms with Gasteiger partial charge in [-0.1, -0.05) is 48.0 Å². The van der Waals surface area contributed by atoms with Crippen molar-refractivity contribution in [3.63, 3.8) is 0 Å². The van der Waals surface area contributed by atoms with Crippen LogP contribution in [0.15, 0.2) is 28.7 Å². The monoisotopic (exact) mass is 281 g/mol. The van der Waals surface area contributed by atoms with Crippen LogP contribution in [-0.2, 0) is 6.42 Å². The van der Waals surface area contributed by atoms with Gasteiger partial charge >= 0.3 is 0 Å². The van der Waals surface area contributed by atoms with Crippen LogP contribution in [0.4, 0.5) is 0 Å². The summed E-state index contributed by atoms with van der Waals surface area (Å²) in [5.74, 6) is 0. The first kappa shape index (κ1) is 12.1. The summed E-state index contributed by atoms with van der Waals surface area (Å²) in [5.41, 5.74) is 1.99. The maximum atomic E-state index is 3.64. The third-order valence-electron chi connectivity index (χ3n) is 3.37. The largest absolute Gasteiger partial charge is 0.314 e. The van der Waals surface area contributed by atoms with Gasteiger partial charge in [-0.05, 0) is 36.3 Å². The third-order valence-corrected chi connectivity index (χ3v) is 4.14. The highest BCUT2D eigenvalue weighted by molar-refractivity contribution is 9.10. The highest BCUT2D eigenvalue weighted by atomic mass is 79.9. The summed E-state index contributed by atoms with van der Waals surface area (Å²) in [6.45, 7) is 5.59. The van der Waals surface area contributed by atoms with Crippen molar-refractivity contribution in [3.05, 3.63) is 34.3 Å². The molecule has 0 amide bonds. The minimum atomic E-state index is 0.536. The molecule has 0 radical (unpaired) electrons. The van der Waals surface area contributed by atoms with Gasteiger partial charge in [-0.2, -0.15) is 0 Å². The molecule has 1 nitrogen and oxygen atoms in total. The Morgan fingerprint density at radius 1 is 1.31 bits per heavy atom. The van der Waals surface area contributed by atoms with E-state index in [1.807, 2.05) is 0 Å². The summed E-state index contributed by atoms with van der Waals surface area (Å²) >= 11 is 3.64. The second kappa shape index (κ2) is 4.89. The molecule has 0 aliphatic heterocycles. The van der Waals surface area contributed by atoms with Crippen molar-refractivity contribution < 1.29 is 0 Å². The van der Waals surface area contributed by atoms with Gasteiger partial charge in [0, 0.05) is 17.1 Å². The first-order valence-corrected chi connectivity index (χ1v) is 6.87. The smallest absolute Gasteiger partial charge is 0.0207 e. The average Bonchev–Trinajstić information content (AvgIpc) is 3.00. The standard InChI is InChI=1S/C14H20BrN/c1-11(2)16-10-14(7-8-14)9-12-5-3-4-6-13(12)15/h3-6,11,16H,7-10H2,1-2H3. The van der Waals surface area contributed by atoms with Gasteiger partial charge in [-0.15, -0.1) is 0 Å². The second-order valence-electron chi connectivity index (χ2n) is 5.30. The molecule has 0 aromatic heterocycles. The highest BCUT2D eigenvalue weighted by Gasteiger charge is 2.42. The van der Waals surface area contributed by atoms with Gasteiger partial charge in [0.05, 0.1) is 0 Å². The number of hydrogen-bond donors (Lipinski definition) is 1. The van der Waals surface area contributed by atoms with E-state index in [1.54, 1.807) is 0 Å². The third kappa shape index (κ3) is 3.08. The summed E-state index contributed by atoms with van der Waals surface area (Å²) < 4.78 is 1.26. The van der Waals surface area contributed by atoms with Gasteiger partial charge in [0.2, 0.25) is 0 Å². The van der Waals surface area contributed by atoms with Crippen LogP contribution in [0, 0.1) is 5.41 Å². The summed E-state index contributed by atoms with van der Waals surface area (Å²) in [7, 11) is 0. The van der Waals surface area contributed by atoms with Crippen molar-refractivity contribution in [2.45, 2.75) is 39.2 Å². The summed E-state index contributed by atoms with van der Waals surface area (Å²) in [5, 5.41) is 3.57. The minimum Gasteiger partial charge on any atom is -0.314 e. The lowest BCUT2D eigenvalue weighted by Crippen LogP contribution is -2.31. The lowest BCUT2D eigenvalue weighted by Gasteiger charge is -2.18. The number of benzene rings is 1. The van der Waals surface area contributed by atoms with E-state index in [2.05, 4.69) is 59.4 Å². The van der Waals surface area contributed by atoms with E-state index in [0.29, 0.717) is 11.5 Å². The van der Waals surface area contributed by atoms with Crippen LogP contribution in [0.1, 0.15) is 32.3 Å². The van der Waals surface area contributed by atoms with E-state index < -0.39 is 0 Å². The van der Waals surface area contributed by atoms with Gasteiger partial charge in [0.1, 0.15) is 0 Å². The van der Waals surface area contributed by atoms with Crippen LogP contribution in [0.25, 0.3) is 0 Å². The van der Waals surface area contributed by atoms with Crippen LogP contribution < -0.4 is 5.32 Å². The lowest BCUT2D eigenvalue weighted by atomic mass is 9.96. The zero-order chi connectivity index (χ0) is 11.6. The van der Waals surface area contributed by atoms with Crippen LogP contribution in [0.5, 0.6) is 0 Å². The molecule has 0 saturated heterocycles. The zero-order valence-corrected chi connectivity index (χ0v) is 11.7. The molecule has 0 heterocycles. The van der Waals surface area contributed by atoms with E-state index in [-0.39, 0.29) is 0 Å². The van der Waals surface area contributed by atoms with Crippen molar-refractivity contribution in [3.8, 4) is 0 Å². The zero-order valence-electron chi connectivity index (χ0n) is 10.1. The Balaban J connectivity index is 1.96. The first-order valence-electron chi connectivity index (χ1n) is 6.08. The predicted octanol–water partition coefficient (Wildman–Crippen LogP) is 3.77. The molecule has 0 spiro atoms. The van der Waals surface area contributed by atoms with Gasteiger partial charge < -0.3 is 5.32 Å². The van der Waals surface area contributed by atoms with E-state index in [1.165, 1.54) is 29.3 Å².